The third-order valence-electron chi connectivity index (χ3n) is 4.32. The quantitative estimate of drug-likeness (QED) is 0.770. The van der Waals surface area contributed by atoms with E-state index in [4.69, 9.17) is 10.3 Å². The number of nitrogens with one attached hydrogen (secondary N) is 1. The Labute approximate surface area is 140 Å². The first-order chi connectivity index (χ1) is 11.6. The summed E-state index contributed by atoms with van der Waals surface area (Å²) in [5.74, 6) is 1.25. The molecule has 1 aliphatic rings. The monoisotopic (exact) mass is 321 g/mol. The molecule has 0 atom stereocenters. The lowest BCUT2D eigenvalue weighted by Gasteiger charge is -2.18. The van der Waals surface area contributed by atoms with Crippen molar-refractivity contribution >= 4 is 17.2 Å². The summed E-state index contributed by atoms with van der Waals surface area (Å²) in [6.45, 7) is 5.32. The zero-order chi connectivity index (χ0) is 16.7. The standard InChI is InChI=1S/C18H19N5O/c1-11-16(12(2)24-22-11)14-8-15-17(18(19)21-14)20-10-23(15)9-13-6-4-3-5-7-13/h3-8,20H,9-10H2,1-2H3,(H2,19,21). The molecule has 0 spiro atoms. The van der Waals surface area contributed by atoms with Gasteiger partial charge in [-0.15, -0.1) is 0 Å². The number of hydrogen-bond donors (Lipinski definition) is 2. The molecule has 24 heavy (non-hydrogen) atoms. The van der Waals surface area contributed by atoms with Crippen molar-refractivity contribution in [2.75, 3.05) is 22.6 Å². The number of nitrogens with two attached hydrogens (primary N) is 1. The number of anilines is 3. The van der Waals surface area contributed by atoms with E-state index in [2.05, 4.69) is 50.7 Å². The van der Waals surface area contributed by atoms with E-state index in [1.54, 1.807) is 0 Å². The van der Waals surface area contributed by atoms with Gasteiger partial charge in [-0.1, -0.05) is 35.5 Å². The molecule has 1 aliphatic heterocycles. The molecule has 122 valence electrons. The van der Waals surface area contributed by atoms with Gasteiger partial charge in [-0.3, -0.25) is 0 Å². The molecule has 3 heterocycles. The third-order valence-corrected chi connectivity index (χ3v) is 4.32. The average Bonchev–Trinajstić information content (AvgIpc) is 3.12. The summed E-state index contributed by atoms with van der Waals surface area (Å²) in [5.41, 5.74) is 11.9. The van der Waals surface area contributed by atoms with Gasteiger partial charge in [-0.2, -0.15) is 0 Å². The van der Waals surface area contributed by atoms with Crippen LogP contribution in [0.15, 0.2) is 40.9 Å². The molecule has 0 saturated heterocycles. The molecule has 0 amide bonds. The van der Waals surface area contributed by atoms with Crippen LogP contribution >= 0.6 is 0 Å². The number of benzene rings is 1. The molecular formula is C18H19N5O. The topological polar surface area (TPSA) is 80.2 Å². The first-order valence-electron chi connectivity index (χ1n) is 7.90. The van der Waals surface area contributed by atoms with Gasteiger partial charge in [0.15, 0.2) is 0 Å². The zero-order valence-electron chi connectivity index (χ0n) is 13.7. The molecule has 3 aromatic rings. The van der Waals surface area contributed by atoms with Crippen molar-refractivity contribution in [1.29, 1.82) is 0 Å². The minimum absolute atomic E-state index is 0.498. The van der Waals surface area contributed by atoms with E-state index in [1.807, 2.05) is 19.9 Å². The molecule has 0 unspecified atom stereocenters. The normalized spacial score (nSPS) is 13.0. The lowest BCUT2D eigenvalue weighted by Crippen LogP contribution is -2.21. The van der Waals surface area contributed by atoms with Gasteiger partial charge in [0.25, 0.3) is 0 Å². The minimum Gasteiger partial charge on any atom is -0.382 e. The molecule has 6 heteroatoms. The highest BCUT2D eigenvalue weighted by atomic mass is 16.5. The van der Waals surface area contributed by atoms with Crippen LogP contribution in [0.5, 0.6) is 0 Å². The predicted octanol–water partition coefficient (Wildman–Crippen LogP) is 3.33. The van der Waals surface area contributed by atoms with Gasteiger partial charge in [0.05, 0.1) is 29.3 Å². The Kier molecular flexibility index (Phi) is 3.37. The number of hydrogen-bond acceptors (Lipinski definition) is 6. The maximum Gasteiger partial charge on any atom is 0.149 e. The second-order valence-corrected chi connectivity index (χ2v) is 6.00. The summed E-state index contributed by atoms with van der Waals surface area (Å²) in [4.78, 5) is 6.79. The second-order valence-electron chi connectivity index (χ2n) is 6.00. The Morgan fingerprint density at radius 2 is 2.04 bits per heavy atom. The molecule has 0 radical (unpaired) electrons. The van der Waals surface area contributed by atoms with E-state index in [-0.39, 0.29) is 0 Å². The molecule has 4 rings (SSSR count). The lowest BCUT2D eigenvalue weighted by atomic mass is 10.1. The highest BCUT2D eigenvalue weighted by molar-refractivity contribution is 5.87. The molecular weight excluding hydrogens is 302 g/mol. The fourth-order valence-electron chi connectivity index (χ4n) is 3.16. The van der Waals surface area contributed by atoms with Crippen LogP contribution in [0.1, 0.15) is 17.0 Å². The van der Waals surface area contributed by atoms with E-state index in [1.165, 1.54) is 5.56 Å². The van der Waals surface area contributed by atoms with Crippen molar-refractivity contribution in [2.45, 2.75) is 20.4 Å². The lowest BCUT2D eigenvalue weighted by molar-refractivity contribution is 0.393. The second kappa shape index (κ2) is 5.56. The van der Waals surface area contributed by atoms with E-state index >= 15 is 0 Å². The Hall–Kier alpha value is -3.02. The summed E-state index contributed by atoms with van der Waals surface area (Å²) in [5, 5.41) is 7.36. The molecule has 1 aromatic carbocycles. The van der Waals surface area contributed by atoms with Crippen molar-refractivity contribution in [2.24, 2.45) is 0 Å². The van der Waals surface area contributed by atoms with Crippen molar-refractivity contribution in [3.05, 3.63) is 53.4 Å². The molecule has 2 aromatic heterocycles. The summed E-state index contributed by atoms with van der Waals surface area (Å²) in [6.07, 6.45) is 0. The van der Waals surface area contributed by atoms with E-state index < -0.39 is 0 Å². The largest absolute Gasteiger partial charge is 0.382 e. The van der Waals surface area contributed by atoms with Gasteiger partial charge in [-0.05, 0) is 25.5 Å². The van der Waals surface area contributed by atoms with E-state index in [0.717, 1.165) is 40.6 Å². The number of aryl methyl sites for hydroxylation is 2. The van der Waals surface area contributed by atoms with Crippen molar-refractivity contribution < 1.29 is 4.52 Å². The number of fused-ring (bicyclic) bond motifs is 1. The first-order valence-corrected chi connectivity index (χ1v) is 7.90. The van der Waals surface area contributed by atoms with E-state index in [9.17, 15) is 0 Å². The van der Waals surface area contributed by atoms with Gasteiger partial charge in [-0.25, -0.2) is 4.98 Å². The van der Waals surface area contributed by atoms with Crippen LogP contribution < -0.4 is 16.0 Å². The van der Waals surface area contributed by atoms with Gasteiger partial charge in [0.2, 0.25) is 0 Å². The van der Waals surface area contributed by atoms with Gasteiger partial charge >= 0.3 is 0 Å². The summed E-state index contributed by atoms with van der Waals surface area (Å²) in [6, 6.07) is 12.4. The molecule has 0 aliphatic carbocycles. The molecule has 6 nitrogen and oxygen atoms in total. The number of nitrogens with zero attached hydrogens (tertiary/aromatic N) is 3. The van der Waals surface area contributed by atoms with E-state index in [0.29, 0.717) is 12.5 Å². The van der Waals surface area contributed by atoms with Crippen LogP contribution in [0.2, 0.25) is 0 Å². The van der Waals surface area contributed by atoms with Gasteiger partial charge in [0, 0.05) is 6.54 Å². The number of pyridine rings is 1. The Balaban J connectivity index is 1.75. The maximum atomic E-state index is 6.18. The van der Waals surface area contributed by atoms with Crippen molar-refractivity contribution in [3.8, 4) is 11.3 Å². The van der Waals surface area contributed by atoms with Gasteiger partial charge < -0.3 is 20.5 Å². The predicted molar refractivity (Wildman–Crippen MR) is 94.7 cm³/mol. The smallest absolute Gasteiger partial charge is 0.149 e. The van der Waals surface area contributed by atoms with Crippen LogP contribution in [-0.4, -0.2) is 16.8 Å². The maximum absolute atomic E-state index is 6.18. The zero-order valence-corrected chi connectivity index (χ0v) is 13.7. The minimum atomic E-state index is 0.498. The molecule has 0 saturated carbocycles. The Bertz CT molecular complexity index is 868. The van der Waals surface area contributed by atoms with Crippen LogP contribution in [0.3, 0.4) is 0 Å². The average molecular weight is 321 g/mol. The first kappa shape index (κ1) is 14.6. The summed E-state index contributed by atoms with van der Waals surface area (Å²) >= 11 is 0. The Morgan fingerprint density at radius 1 is 1.25 bits per heavy atom. The number of nitrogen functional groups attached to an aromatic ring is 1. The fourth-order valence-corrected chi connectivity index (χ4v) is 3.16. The molecule has 0 fully saturated rings. The highest BCUT2D eigenvalue weighted by Crippen LogP contribution is 2.40. The SMILES string of the molecule is Cc1noc(C)c1-c1cc2c(c(N)n1)NCN2Cc1ccccc1. The van der Waals surface area contributed by atoms with Crippen LogP contribution in [0, 0.1) is 13.8 Å². The summed E-state index contributed by atoms with van der Waals surface area (Å²) in [7, 11) is 0. The fraction of sp³-hybridized carbons (Fsp3) is 0.222. The van der Waals surface area contributed by atoms with Crippen molar-refractivity contribution in [1.82, 2.24) is 10.1 Å². The third kappa shape index (κ3) is 2.36. The van der Waals surface area contributed by atoms with Crippen LogP contribution in [-0.2, 0) is 6.54 Å². The van der Waals surface area contributed by atoms with Crippen LogP contribution in [0.4, 0.5) is 17.2 Å². The van der Waals surface area contributed by atoms with Crippen LogP contribution in [0.25, 0.3) is 11.3 Å². The number of rotatable bonds is 3. The van der Waals surface area contributed by atoms with Gasteiger partial charge in [0.1, 0.15) is 17.3 Å². The summed E-state index contributed by atoms with van der Waals surface area (Å²) < 4.78 is 5.27. The molecule has 3 N–H and O–H groups in total. The van der Waals surface area contributed by atoms with Crippen molar-refractivity contribution in [3.63, 3.8) is 0 Å². The molecule has 0 bridgehead atoms. The highest BCUT2D eigenvalue weighted by Gasteiger charge is 2.24. The number of aromatic nitrogens is 2. The Morgan fingerprint density at radius 3 is 2.75 bits per heavy atom.